The summed E-state index contributed by atoms with van der Waals surface area (Å²) < 4.78 is 0. The summed E-state index contributed by atoms with van der Waals surface area (Å²) in [6.45, 7) is 0. The Labute approximate surface area is 59.0 Å². The Morgan fingerprint density at radius 1 is 1.80 bits per heavy atom. The van der Waals surface area contributed by atoms with Gasteiger partial charge in [0.25, 0.3) is 0 Å². The highest BCUT2D eigenvalue weighted by molar-refractivity contribution is 5.05. The highest BCUT2D eigenvalue weighted by atomic mass is 14.9. The van der Waals surface area contributed by atoms with Crippen LogP contribution in [0, 0.1) is 11.3 Å². The number of nitrogens with one attached hydrogen (secondary N) is 1. The van der Waals surface area contributed by atoms with Crippen LogP contribution in [0.3, 0.4) is 0 Å². The van der Waals surface area contributed by atoms with E-state index in [1.54, 1.807) is 18.5 Å². The zero-order valence-electron chi connectivity index (χ0n) is 5.41. The van der Waals surface area contributed by atoms with Crippen molar-refractivity contribution in [1.82, 2.24) is 9.97 Å². The summed E-state index contributed by atoms with van der Waals surface area (Å²) in [7, 11) is 0. The molecular formula is C7H7N3. The first kappa shape index (κ1) is 6.56. The molecule has 50 valence electrons. The van der Waals surface area contributed by atoms with Crippen molar-refractivity contribution in [1.29, 1.82) is 5.26 Å². The van der Waals surface area contributed by atoms with Crippen LogP contribution in [-0.4, -0.2) is 9.97 Å². The zero-order valence-corrected chi connectivity index (χ0v) is 5.41. The molecule has 1 N–H and O–H groups in total. The van der Waals surface area contributed by atoms with E-state index in [0.717, 1.165) is 5.82 Å². The van der Waals surface area contributed by atoms with E-state index in [9.17, 15) is 0 Å². The van der Waals surface area contributed by atoms with Crippen molar-refractivity contribution >= 4 is 0 Å². The molecule has 10 heavy (non-hydrogen) atoms. The van der Waals surface area contributed by atoms with E-state index in [1.807, 2.05) is 6.07 Å². The molecule has 0 aliphatic rings. The van der Waals surface area contributed by atoms with Gasteiger partial charge in [-0.05, 0) is 0 Å². The topological polar surface area (TPSA) is 52.5 Å². The number of aromatic nitrogens is 2. The van der Waals surface area contributed by atoms with Gasteiger partial charge in [-0.15, -0.1) is 0 Å². The molecule has 0 unspecified atom stereocenters. The van der Waals surface area contributed by atoms with Gasteiger partial charge in [-0.1, -0.05) is 6.08 Å². The van der Waals surface area contributed by atoms with E-state index in [-0.39, 0.29) is 0 Å². The molecule has 1 aromatic rings. The van der Waals surface area contributed by atoms with Crippen molar-refractivity contribution in [3.8, 4) is 6.07 Å². The molecule has 1 heterocycles. The Morgan fingerprint density at radius 2 is 2.70 bits per heavy atom. The minimum absolute atomic E-state index is 0.695. The number of aromatic amines is 1. The molecule has 0 bridgehead atoms. The van der Waals surface area contributed by atoms with Gasteiger partial charge in [0.1, 0.15) is 5.82 Å². The van der Waals surface area contributed by atoms with Gasteiger partial charge in [0.05, 0.1) is 6.07 Å². The molecule has 0 fully saturated rings. The van der Waals surface area contributed by atoms with Crippen LogP contribution in [0.15, 0.2) is 24.5 Å². The fourth-order valence-corrected chi connectivity index (χ4v) is 0.633. The molecule has 0 aliphatic carbocycles. The van der Waals surface area contributed by atoms with Gasteiger partial charge >= 0.3 is 0 Å². The van der Waals surface area contributed by atoms with Crippen LogP contribution in [-0.2, 0) is 6.42 Å². The molecular weight excluding hydrogens is 126 g/mol. The summed E-state index contributed by atoms with van der Waals surface area (Å²) in [6.07, 6.45) is 7.35. The van der Waals surface area contributed by atoms with Crippen LogP contribution < -0.4 is 0 Å². The summed E-state index contributed by atoms with van der Waals surface area (Å²) in [5, 5.41) is 8.13. The van der Waals surface area contributed by atoms with Gasteiger partial charge in [-0.25, -0.2) is 4.98 Å². The van der Waals surface area contributed by atoms with E-state index in [2.05, 4.69) is 9.97 Å². The largest absolute Gasteiger partial charge is 0.348 e. The molecule has 0 aliphatic heterocycles. The average molecular weight is 133 g/mol. The molecule has 0 aromatic carbocycles. The van der Waals surface area contributed by atoms with Gasteiger partial charge < -0.3 is 4.98 Å². The van der Waals surface area contributed by atoms with Gasteiger partial charge in [-0.2, -0.15) is 5.26 Å². The number of nitrogens with zero attached hydrogens (tertiary/aromatic N) is 2. The maximum atomic E-state index is 8.13. The molecule has 0 radical (unpaired) electrons. The molecule has 0 atom stereocenters. The normalized spacial score (nSPS) is 9.90. The number of hydrogen-bond donors (Lipinski definition) is 1. The third-order valence-electron chi connectivity index (χ3n) is 1.06. The molecule has 1 rings (SSSR count). The first-order valence-corrected chi connectivity index (χ1v) is 2.96. The van der Waals surface area contributed by atoms with E-state index in [1.165, 1.54) is 6.08 Å². The number of allylic oxidation sites excluding steroid dienone is 2. The van der Waals surface area contributed by atoms with Crippen molar-refractivity contribution in [2.75, 3.05) is 0 Å². The maximum absolute atomic E-state index is 8.13. The number of H-pyrrole nitrogens is 1. The molecule has 0 amide bonds. The van der Waals surface area contributed by atoms with Crippen molar-refractivity contribution in [2.45, 2.75) is 6.42 Å². The van der Waals surface area contributed by atoms with Crippen molar-refractivity contribution < 1.29 is 0 Å². The third kappa shape index (κ3) is 1.75. The summed E-state index contributed by atoms with van der Waals surface area (Å²) in [5.74, 6) is 0.881. The second kappa shape index (κ2) is 3.46. The minimum Gasteiger partial charge on any atom is -0.348 e. The first-order chi connectivity index (χ1) is 4.93. The van der Waals surface area contributed by atoms with Crippen molar-refractivity contribution in [2.24, 2.45) is 0 Å². The minimum atomic E-state index is 0.695. The fourth-order valence-electron chi connectivity index (χ4n) is 0.633. The first-order valence-electron chi connectivity index (χ1n) is 2.96. The monoisotopic (exact) mass is 133 g/mol. The number of hydrogen-bond acceptors (Lipinski definition) is 2. The lowest BCUT2D eigenvalue weighted by Crippen LogP contribution is -1.81. The van der Waals surface area contributed by atoms with Gasteiger partial charge in [0.15, 0.2) is 0 Å². The lowest BCUT2D eigenvalue weighted by molar-refractivity contribution is 1.06. The molecule has 0 saturated heterocycles. The highest BCUT2D eigenvalue weighted by Gasteiger charge is 1.86. The maximum Gasteiger partial charge on any atom is 0.109 e. The fraction of sp³-hybridized carbons (Fsp3) is 0.143. The Balaban J connectivity index is 2.43. The molecule has 0 spiro atoms. The third-order valence-corrected chi connectivity index (χ3v) is 1.06. The Kier molecular flexibility index (Phi) is 2.27. The van der Waals surface area contributed by atoms with Gasteiger partial charge in [0, 0.05) is 24.9 Å². The Bertz CT molecular complexity index is 240. The SMILES string of the molecule is N#CC=CCc1ncc[nH]1. The molecule has 0 saturated carbocycles. The van der Waals surface area contributed by atoms with Gasteiger partial charge in [-0.3, -0.25) is 0 Å². The lowest BCUT2D eigenvalue weighted by atomic mass is 10.4. The lowest BCUT2D eigenvalue weighted by Gasteiger charge is -1.83. The number of imidazole rings is 1. The van der Waals surface area contributed by atoms with Crippen LogP contribution in [0.4, 0.5) is 0 Å². The van der Waals surface area contributed by atoms with Crippen molar-refractivity contribution in [3.63, 3.8) is 0 Å². The van der Waals surface area contributed by atoms with Crippen molar-refractivity contribution in [3.05, 3.63) is 30.4 Å². The van der Waals surface area contributed by atoms with E-state index in [4.69, 9.17) is 5.26 Å². The van der Waals surface area contributed by atoms with Crippen LogP contribution in [0.5, 0.6) is 0 Å². The Morgan fingerprint density at radius 3 is 3.30 bits per heavy atom. The summed E-state index contributed by atoms with van der Waals surface area (Å²) in [6, 6.07) is 1.91. The van der Waals surface area contributed by atoms with E-state index in [0.29, 0.717) is 6.42 Å². The van der Waals surface area contributed by atoms with E-state index >= 15 is 0 Å². The van der Waals surface area contributed by atoms with E-state index < -0.39 is 0 Å². The Hall–Kier alpha value is -1.56. The highest BCUT2D eigenvalue weighted by Crippen LogP contribution is 1.89. The van der Waals surface area contributed by atoms with Crippen LogP contribution in [0.1, 0.15) is 5.82 Å². The van der Waals surface area contributed by atoms with Gasteiger partial charge in [0.2, 0.25) is 0 Å². The predicted molar refractivity (Wildman–Crippen MR) is 37.0 cm³/mol. The van der Waals surface area contributed by atoms with Crippen LogP contribution in [0.25, 0.3) is 0 Å². The number of nitriles is 1. The second-order valence-corrected chi connectivity index (χ2v) is 1.77. The predicted octanol–water partition coefficient (Wildman–Crippen LogP) is 1.03. The summed E-state index contributed by atoms with van der Waals surface area (Å²) in [5.41, 5.74) is 0. The standard InChI is InChI=1S/C7H7N3/c8-4-2-1-3-7-9-5-6-10-7/h1-2,5-6H,3H2,(H,9,10). The van der Waals surface area contributed by atoms with Crippen LogP contribution >= 0.6 is 0 Å². The summed E-state index contributed by atoms with van der Waals surface area (Å²) >= 11 is 0. The van der Waals surface area contributed by atoms with Crippen LogP contribution in [0.2, 0.25) is 0 Å². The smallest absolute Gasteiger partial charge is 0.109 e. The molecule has 3 nitrogen and oxygen atoms in total. The zero-order chi connectivity index (χ0) is 7.23. The molecule has 1 aromatic heterocycles. The average Bonchev–Trinajstić information content (AvgIpc) is 2.41. The molecule has 3 heteroatoms. The summed E-state index contributed by atoms with van der Waals surface area (Å²) in [4.78, 5) is 6.90. The quantitative estimate of drug-likeness (QED) is 0.612. The number of rotatable bonds is 2. The second-order valence-electron chi connectivity index (χ2n) is 1.77.